The van der Waals surface area contributed by atoms with Crippen molar-refractivity contribution in [2.45, 2.75) is 45.1 Å². The number of rotatable bonds is 3. The van der Waals surface area contributed by atoms with Gasteiger partial charge >= 0.3 is 0 Å². The molecule has 2 N–H and O–H groups in total. The van der Waals surface area contributed by atoms with E-state index < -0.39 is 0 Å². The number of methoxy groups -OCH3 is 1. The molecule has 1 aliphatic carbocycles. The molecular formula is C14H20BrNO. The topological polar surface area (TPSA) is 35.2 Å². The Morgan fingerprint density at radius 1 is 1.41 bits per heavy atom. The summed E-state index contributed by atoms with van der Waals surface area (Å²) in [6.07, 6.45) is 2.34. The highest BCUT2D eigenvalue weighted by molar-refractivity contribution is 9.10. The van der Waals surface area contributed by atoms with Gasteiger partial charge < -0.3 is 10.5 Å². The summed E-state index contributed by atoms with van der Waals surface area (Å²) in [5.41, 5.74) is 10.1. The Morgan fingerprint density at radius 2 is 2.00 bits per heavy atom. The molecule has 0 amide bonds. The fourth-order valence-electron chi connectivity index (χ4n) is 2.79. The number of benzene rings is 1. The van der Waals surface area contributed by atoms with Gasteiger partial charge in [-0.2, -0.15) is 0 Å². The number of aryl methyl sites for hydroxylation is 1. The number of hydrogen-bond acceptors (Lipinski definition) is 2. The highest BCUT2D eigenvalue weighted by Crippen LogP contribution is 2.55. The molecule has 2 nitrogen and oxygen atoms in total. The standard InChI is InChI=1S/C14H20BrNO/c1-8-7-11(15)9(2)13(17-4)12(8)14(5-6-14)10(3)16/h7,10H,5-6,16H2,1-4H3. The van der Waals surface area contributed by atoms with E-state index in [0.29, 0.717) is 0 Å². The second-order valence-corrected chi connectivity index (χ2v) is 6.01. The molecule has 1 fully saturated rings. The summed E-state index contributed by atoms with van der Waals surface area (Å²) in [4.78, 5) is 0. The third-order valence-corrected chi connectivity index (χ3v) is 4.85. The van der Waals surface area contributed by atoms with Crippen LogP contribution in [0.3, 0.4) is 0 Å². The third kappa shape index (κ3) is 1.89. The molecule has 1 aliphatic rings. The first-order chi connectivity index (χ1) is 7.94. The first-order valence-corrected chi connectivity index (χ1v) is 6.83. The van der Waals surface area contributed by atoms with E-state index in [4.69, 9.17) is 10.5 Å². The highest BCUT2D eigenvalue weighted by Gasteiger charge is 2.50. The first-order valence-electron chi connectivity index (χ1n) is 6.04. The third-order valence-electron chi connectivity index (χ3n) is 4.03. The molecule has 1 aromatic rings. The Morgan fingerprint density at radius 3 is 2.41 bits per heavy atom. The van der Waals surface area contributed by atoms with Crippen LogP contribution in [0, 0.1) is 13.8 Å². The summed E-state index contributed by atoms with van der Waals surface area (Å²) in [5, 5.41) is 0. The lowest BCUT2D eigenvalue weighted by Gasteiger charge is -2.26. The van der Waals surface area contributed by atoms with Gasteiger partial charge in [0.25, 0.3) is 0 Å². The van der Waals surface area contributed by atoms with E-state index in [-0.39, 0.29) is 11.5 Å². The average molecular weight is 298 g/mol. The van der Waals surface area contributed by atoms with E-state index >= 15 is 0 Å². The molecule has 2 rings (SSSR count). The van der Waals surface area contributed by atoms with Gasteiger partial charge in [-0.25, -0.2) is 0 Å². The molecule has 0 saturated heterocycles. The van der Waals surface area contributed by atoms with Gasteiger partial charge in [-0.3, -0.25) is 0 Å². The highest BCUT2D eigenvalue weighted by atomic mass is 79.9. The SMILES string of the molecule is COc1c(C)c(Br)cc(C)c1C1(C(C)N)CC1. The molecule has 0 heterocycles. The molecule has 0 aliphatic heterocycles. The lowest BCUT2D eigenvalue weighted by molar-refractivity contribution is 0.394. The van der Waals surface area contributed by atoms with E-state index in [2.05, 4.69) is 42.8 Å². The average Bonchev–Trinajstić information content (AvgIpc) is 3.04. The summed E-state index contributed by atoms with van der Waals surface area (Å²) >= 11 is 3.58. The molecule has 1 saturated carbocycles. The molecule has 0 spiro atoms. The Kier molecular flexibility index (Phi) is 3.25. The van der Waals surface area contributed by atoms with Crippen molar-refractivity contribution in [3.8, 4) is 5.75 Å². The lowest BCUT2D eigenvalue weighted by Crippen LogP contribution is -2.32. The van der Waals surface area contributed by atoms with Crippen LogP contribution in [0.4, 0.5) is 0 Å². The smallest absolute Gasteiger partial charge is 0.126 e. The molecule has 1 unspecified atom stereocenters. The van der Waals surface area contributed by atoms with Crippen LogP contribution in [-0.4, -0.2) is 13.2 Å². The van der Waals surface area contributed by atoms with Gasteiger partial charge in [-0.05, 0) is 45.2 Å². The van der Waals surface area contributed by atoms with E-state index in [0.717, 1.165) is 10.2 Å². The molecule has 1 aromatic carbocycles. The zero-order valence-corrected chi connectivity index (χ0v) is 12.5. The Balaban J connectivity index is 2.65. The van der Waals surface area contributed by atoms with Crippen LogP contribution in [0.5, 0.6) is 5.75 Å². The summed E-state index contributed by atoms with van der Waals surface area (Å²) in [6.45, 7) is 6.33. The van der Waals surface area contributed by atoms with Crippen molar-refractivity contribution in [2.75, 3.05) is 7.11 Å². The van der Waals surface area contributed by atoms with Crippen molar-refractivity contribution in [1.29, 1.82) is 0 Å². The normalized spacial score (nSPS) is 18.9. The summed E-state index contributed by atoms with van der Waals surface area (Å²) < 4.78 is 6.74. The Labute approximate surface area is 112 Å². The van der Waals surface area contributed by atoms with Crippen LogP contribution in [-0.2, 0) is 5.41 Å². The van der Waals surface area contributed by atoms with E-state index in [1.807, 2.05) is 0 Å². The largest absolute Gasteiger partial charge is 0.496 e. The molecule has 1 atom stereocenters. The minimum atomic E-state index is 0.140. The Hall–Kier alpha value is -0.540. The number of hydrogen-bond donors (Lipinski definition) is 1. The predicted octanol–water partition coefficient (Wildman–Crippen LogP) is 3.45. The van der Waals surface area contributed by atoms with Crippen LogP contribution < -0.4 is 10.5 Å². The summed E-state index contributed by atoms with van der Waals surface area (Å²) in [5.74, 6) is 1.01. The van der Waals surface area contributed by atoms with Crippen molar-refractivity contribution in [3.63, 3.8) is 0 Å². The molecule has 94 valence electrons. The predicted molar refractivity (Wildman–Crippen MR) is 74.7 cm³/mol. The maximum absolute atomic E-state index is 6.18. The summed E-state index contributed by atoms with van der Waals surface area (Å²) in [6, 6.07) is 2.35. The second kappa shape index (κ2) is 4.29. The zero-order chi connectivity index (χ0) is 12.8. The molecule has 17 heavy (non-hydrogen) atoms. The number of nitrogens with two attached hydrogens (primary N) is 1. The van der Waals surface area contributed by atoms with Gasteiger partial charge in [0.2, 0.25) is 0 Å². The fraction of sp³-hybridized carbons (Fsp3) is 0.571. The van der Waals surface area contributed by atoms with Crippen LogP contribution in [0.2, 0.25) is 0 Å². The first kappa shape index (κ1) is 12.9. The molecule has 0 bridgehead atoms. The maximum atomic E-state index is 6.18. The molecule has 0 aromatic heterocycles. The zero-order valence-electron chi connectivity index (χ0n) is 10.9. The van der Waals surface area contributed by atoms with Gasteiger partial charge in [0.1, 0.15) is 5.75 Å². The maximum Gasteiger partial charge on any atom is 0.126 e. The van der Waals surface area contributed by atoms with Crippen LogP contribution in [0.15, 0.2) is 10.5 Å². The van der Waals surface area contributed by atoms with Crippen molar-refractivity contribution >= 4 is 15.9 Å². The minimum absolute atomic E-state index is 0.140. The van der Waals surface area contributed by atoms with Gasteiger partial charge in [-0.1, -0.05) is 15.9 Å². The van der Waals surface area contributed by atoms with Gasteiger partial charge in [0.05, 0.1) is 7.11 Å². The van der Waals surface area contributed by atoms with E-state index in [9.17, 15) is 0 Å². The van der Waals surface area contributed by atoms with Crippen molar-refractivity contribution < 1.29 is 4.74 Å². The van der Waals surface area contributed by atoms with E-state index in [1.54, 1.807) is 7.11 Å². The molecule has 3 heteroatoms. The molecule has 0 radical (unpaired) electrons. The monoisotopic (exact) mass is 297 g/mol. The van der Waals surface area contributed by atoms with Crippen LogP contribution in [0.1, 0.15) is 36.5 Å². The number of halogens is 1. The summed E-state index contributed by atoms with van der Waals surface area (Å²) in [7, 11) is 1.75. The Bertz CT molecular complexity index is 450. The lowest BCUT2D eigenvalue weighted by atomic mass is 9.84. The second-order valence-electron chi connectivity index (χ2n) is 5.15. The van der Waals surface area contributed by atoms with Gasteiger partial charge in [0.15, 0.2) is 0 Å². The van der Waals surface area contributed by atoms with Crippen molar-refractivity contribution in [2.24, 2.45) is 5.73 Å². The van der Waals surface area contributed by atoms with E-state index in [1.165, 1.54) is 29.5 Å². The quantitative estimate of drug-likeness (QED) is 0.927. The minimum Gasteiger partial charge on any atom is -0.496 e. The van der Waals surface area contributed by atoms with Crippen LogP contribution in [0.25, 0.3) is 0 Å². The number of ether oxygens (including phenoxy) is 1. The van der Waals surface area contributed by atoms with Crippen molar-refractivity contribution in [3.05, 3.63) is 27.2 Å². The van der Waals surface area contributed by atoms with Crippen molar-refractivity contribution in [1.82, 2.24) is 0 Å². The van der Waals surface area contributed by atoms with Gasteiger partial charge in [-0.15, -0.1) is 0 Å². The molecular weight excluding hydrogens is 278 g/mol. The van der Waals surface area contributed by atoms with Crippen LogP contribution >= 0.6 is 15.9 Å². The van der Waals surface area contributed by atoms with Gasteiger partial charge in [0, 0.05) is 27.1 Å². The fourth-order valence-corrected chi connectivity index (χ4v) is 3.31.